The highest BCUT2D eigenvalue weighted by Crippen LogP contribution is 2.30. The number of hydrogen-bond donors (Lipinski definition) is 5. The molecule has 0 bridgehead atoms. The van der Waals surface area contributed by atoms with E-state index in [1.54, 1.807) is 51.4 Å². The lowest BCUT2D eigenvalue weighted by atomic mass is 9.76. The van der Waals surface area contributed by atoms with E-state index in [4.69, 9.17) is 15.6 Å². The minimum Gasteiger partial charge on any atom is -0.480 e. The molecule has 6 N–H and O–H groups in total. The summed E-state index contributed by atoms with van der Waals surface area (Å²) in [4.78, 5) is 115. The molecule has 62 heavy (non-hydrogen) atoms. The first-order chi connectivity index (χ1) is 28.9. The summed E-state index contributed by atoms with van der Waals surface area (Å²) in [5.74, 6) is -3.78. The lowest BCUT2D eigenvalue weighted by Gasteiger charge is -2.40. The van der Waals surface area contributed by atoms with Crippen molar-refractivity contribution in [3.8, 4) is 0 Å². The van der Waals surface area contributed by atoms with Crippen LogP contribution in [-0.4, -0.2) is 138 Å². The van der Waals surface area contributed by atoms with Gasteiger partial charge in [0.25, 0.3) is 12.9 Å². The number of carbonyl (C=O) groups is 9. The van der Waals surface area contributed by atoms with E-state index >= 15 is 0 Å². The Bertz CT molecular complexity index is 1810. The van der Waals surface area contributed by atoms with Crippen molar-refractivity contribution in [2.45, 2.75) is 122 Å². The fourth-order valence-electron chi connectivity index (χ4n) is 6.96. The molecule has 1 heterocycles. The number of ether oxygens (including phenoxy) is 2. The van der Waals surface area contributed by atoms with Crippen molar-refractivity contribution in [2.75, 3.05) is 33.0 Å². The molecule has 5 amide bonds. The van der Waals surface area contributed by atoms with E-state index in [2.05, 4.69) is 20.7 Å². The van der Waals surface area contributed by atoms with Gasteiger partial charge in [-0.25, -0.2) is 0 Å². The van der Waals surface area contributed by atoms with Crippen LogP contribution >= 0.6 is 11.8 Å². The summed E-state index contributed by atoms with van der Waals surface area (Å²) in [6.45, 7) is 14.9. The van der Waals surface area contributed by atoms with Crippen LogP contribution in [0.3, 0.4) is 0 Å². The van der Waals surface area contributed by atoms with Crippen LogP contribution in [0.25, 0.3) is 0 Å². The number of likely N-dealkylation sites (tertiary alicyclic amines) is 1. The number of thioether (sulfide) groups is 1. The number of carboxylic acids is 1. The van der Waals surface area contributed by atoms with Gasteiger partial charge in [-0.2, -0.15) is 0 Å². The second kappa shape index (κ2) is 23.9. The van der Waals surface area contributed by atoms with Crippen LogP contribution in [0, 0.1) is 11.3 Å². The zero-order valence-corrected chi connectivity index (χ0v) is 38.2. The van der Waals surface area contributed by atoms with E-state index in [0.29, 0.717) is 5.56 Å². The smallest absolute Gasteiger partial charge is 0.321 e. The number of nitrogens with two attached hydrogens (primary N) is 1. The number of ketones is 1. The summed E-state index contributed by atoms with van der Waals surface area (Å²) >= 11 is 1.03. The molecule has 1 aliphatic heterocycles. The summed E-state index contributed by atoms with van der Waals surface area (Å²) in [5, 5.41) is 16.9. The van der Waals surface area contributed by atoms with Gasteiger partial charge in [-0.05, 0) is 37.3 Å². The number of aliphatic carboxylic acids is 1. The number of nitrogens with one attached hydrogen (secondary N) is 3. The molecule has 0 radical (unpaired) electrons. The fraction of sp³-hybridized carbons (Fsp3) is 0.605. The molecule has 344 valence electrons. The molecule has 18 nitrogen and oxygen atoms in total. The van der Waals surface area contributed by atoms with Crippen LogP contribution in [0.4, 0.5) is 0 Å². The van der Waals surface area contributed by atoms with Crippen LogP contribution < -0.4 is 21.7 Å². The molecular weight excluding hydrogens is 825 g/mol. The van der Waals surface area contributed by atoms with Crippen molar-refractivity contribution >= 4 is 66.0 Å². The largest absolute Gasteiger partial charge is 0.480 e. The first-order valence-electron chi connectivity index (χ1n) is 20.4. The minimum atomic E-state index is -1.19. The van der Waals surface area contributed by atoms with E-state index in [-0.39, 0.29) is 80.7 Å². The third-order valence-corrected chi connectivity index (χ3v) is 12.1. The Morgan fingerprint density at radius 2 is 1.65 bits per heavy atom. The van der Waals surface area contributed by atoms with Gasteiger partial charge in [0.2, 0.25) is 29.5 Å². The number of Topliss-reactive ketones (excluding diaryl/α,β-unsaturated/α-hetero) is 1. The monoisotopic (exact) mass is 888 g/mol. The highest BCUT2D eigenvalue weighted by Gasteiger charge is 2.42. The topological polar surface area (TPSA) is 261 Å². The number of rotatable bonds is 26. The van der Waals surface area contributed by atoms with Gasteiger partial charge in [0.05, 0.1) is 23.9 Å². The van der Waals surface area contributed by atoms with E-state index < -0.39 is 76.1 Å². The number of imide groups is 1. The quantitative estimate of drug-likeness (QED) is 0.0222. The van der Waals surface area contributed by atoms with Gasteiger partial charge in [0.15, 0.2) is 12.0 Å². The molecular formula is C43H64N6O12S. The molecule has 1 aromatic carbocycles. The average molecular weight is 889 g/mol. The normalized spacial score (nSPS) is 17.1. The molecule has 0 aliphatic carbocycles. The first-order valence-corrected chi connectivity index (χ1v) is 21.4. The Morgan fingerprint density at radius 1 is 1.02 bits per heavy atom. The van der Waals surface area contributed by atoms with E-state index in [1.807, 2.05) is 48.5 Å². The second-order valence-corrected chi connectivity index (χ2v) is 18.4. The Labute approximate surface area is 367 Å². The number of nitrogens with zero attached hydrogens (tertiary/aromatic N) is 2. The number of benzene rings is 1. The average Bonchev–Trinajstić information content (AvgIpc) is 3.47. The van der Waals surface area contributed by atoms with Gasteiger partial charge < -0.3 is 41.2 Å². The molecule has 0 aromatic heterocycles. The Balaban J connectivity index is 2.16. The van der Waals surface area contributed by atoms with Gasteiger partial charge in [0, 0.05) is 55.2 Å². The van der Waals surface area contributed by atoms with E-state index in [0.717, 1.165) is 22.2 Å². The zero-order chi connectivity index (χ0) is 47.1. The molecule has 0 spiro atoms. The lowest BCUT2D eigenvalue weighted by molar-refractivity contribution is -0.141. The van der Waals surface area contributed by atoms with Gasteiger partial charge in [-0.1, -0.05) is 78.8 Å². The molecule has 1 saturated heterocycles. The summed E-state index contributed by atoms with van der Waals surface area (Å²) in [6.07, 6.45) is 0.852. The van der Waals surface area contributed by atoms with Crippen molar-refractivity contribution in [1.29, 1.82) is 0 Å². The molecule has 2 rings (SSSR count). The van der Waals surface area contributed by atoms with Crippen molar-refractivity contribution in [3.63, 3.8) is 0 Å². The number of hydrogen-bond acceptors (Lipinski definition) is 14. The van der Waals surface area contributed by atoms with Crippen molar-refractivity contribution in [2.24, 2.45) is 17.1 Å². The molecule has 19 heteroatoms. The molecule has 0 saturated carbocycles. The third-order valence-electron chi connectivity index (χ3n) is 10.7. The van der Waals surface area contributed by atoms with Gasteiger partial charge in [-0.3, -0.25) is 48.1 Å². The maximum Gasteiger partial charge on any atom is 0.321 e. The molecule has 1 aromatic rings. The molecule has 1 aliphatic rings. The van der Waals surface area contributed by atoms with Gasteiger partial charge in [-0.15, -0.1) is 11.8 Å². The van der Waals surface area contributed by atoms with E-state index in [1.165, 1.54) is 4.90 Å². The van der Waals surface area contributed by atoms with Crippen molar-refractivity contribution in [3.05, 3.63) is 47.0 Å². The first kappa shape index (κ1) is 53.0. The molecule has 1 fully saturated rings. The van der Waals surface area contributed by atoms with Gasteiger partial charge >= 0.3 is 5.97 Å². The number of amides is 5. The summed E-state index contributed by atoms with van der Waals surface area (Å²) in [6, 6.07) is 3.25. The predicted octanol–water partition coefficient (Wildman–Crippen LogP) is 1.93. The Hall–Kier alpha value is -5.14. The van der Waals surface area contributed by atoms with Crippen LogP contribution in [-0.2, 0) is 53.2 Å². The maximum absolute atomic E-state index is 14.3. The van der Waals surface area contributed by atoms with Crippen LogP contribution in [0.2, 0.25) is 0 Å². The van der Waals surface area contributed by atoms with Gasteiger partial charge in [0.1, 0.15) is 12.1 Å². The van der Waals surface area contributed by atoms with Crippen LogP contribution in [0.5, 0.6) is 0 Å². The highest BCUT2D eigenvalue weighted by molar-refractivity contribution is 8.00. The number of likely N-dealkylation sites (N-methyl/N-ethyl adjacent to an activating group) is 2. The van der Waals surface area contributed by atoms with Crippen LogP contribution in [0.1, 0.15) is 97.0 Å². The Morgan fingerprint density at radius 3 is 2.18 bits per heavy atom. The summed E-state index contributed by atoms with van der Waals surface area (Å²) in [5.41, 5.74) is 5.30. The maximum atomic E-state index is 14.3. The SMILES string of the molecule is CNC(C(=O)N[C@H](C(=O)N(C)[C@H](/C=C(\C)C(=O)N[C@H](CCOC=O)OC=O)C(C)C)C(C)(C)C)C(C)(C)c1ccc(C(=O)CCCN2C(=O)CC(SC[C@H](N)C(=O)O)C2=O)cc1. The third kappa shape index (κ3) is 14.8. The second-order valence-electron chi connectivity index (χ2n) is 17.2. The number of carbonyl (C=O) groups excluding carboxylic acids is 8. The summed E-state index contributed by atoms with van der Waals surface area (Å²) in [7, 11) is 3.24. The Kier molecular flexibility index (Phi) is 20.4. The lowest BCUT2D eigenvalue weighted by Crippen LogP contribution is -2.61. The minimum absolute atomic E-state index is 0.0120. The van der Waals surface area contributed by atoms with Crippen molar-refractivity contribution in [1.82, 2.24) is 25.8 Å². The molecule has 6 atom stereocenters. The van der Waals surface area contributed by atoms with Crippen LogP contribution in [0.15, 0.2) is 35.9 Å². The van der Waals surface area contributed by atoms with Crippen molar-refractivity contribution < 1.29 is 57.7 Å². The van der Waals surface area contributed by atoms with E-state index in [9.17, 15) is 43.2 Å². The summed E-state index contributed by atoms with van der Waals surface area (Å²) < 4.78 is 9.55. The highest BCUT2D eigenvalue weighted by atomic mass is 32.2. The molecule has 2 unspecified atom stereocenters. The standard InChI is InChI=1S/C43H64N6O12S/c1-25(2)30(20-26(3)37(54)46-33(61-24-51)17-19-60-23-50)48(10)40(57)36(42(4,5)6)47-38(55)35(45-9)43(7,8)28-15-13-27(14-16-28)31(52)12-11-18-49-34(53)21-32(39(49)56)62-22-29(44)41(58)59/h13-16,20,23-25,29-30,32-33,35-36,45H,11-12,17-19,21-22,44H2,1-10H3,(H,46,54)(H,47,55)(H,58,59)/b26-20+/t29-,30+,32?,33-,35?,36+/m0/s1. The number of carboxylic acid groups (broad SMARTS) is 1. The zero-order valence-electron chi connectivity index (χ0n) is 37.4. The predicted molar refractivity (Wildman–Crippen MR) is 231 cm³/mol. The fourth-order valence-corrected chi connectivity index (χ4v) is 8.07.